The van der Waals surface area contributed by atoms with Crippen LogP contribution < -0.4 is 5.32 Å². The summed E-state index contributed by atoms with van der Waals surface area (Å²) in [5.41, 5.74) is -0.273. The van der Waals surface area contributed by atoms with E-state index in [1.165, 1.54) is 5.01 Å². The Kier molecular flexibility index (Phi) is 3.49. The largest absolute Gasteiger partial charge is 0.368 e. The van der Waals surface area contributed by atoms with Crippen molar-refractivity contribution in [2.24, 2.45) is 11.0 Å². The highest BCUT2D eigenvalue weighted by Crippen LogP contribution is 2.36. The SMILES string of the molecule is CCC(=O)N1N=C(C)C[C@]1(O)C1CCCNC1. The molecule has 96 valence electrons. The molecule has 0 saturated carbocycles. The zero-order valence-corrected chi connectivity index (χ0v) is 10.6. The minimum absolute atomic E-state index is 0.0768. The fourth-order valence-corrected chi connectivity index (χ4v) is 2.73. The molecule has 1 unspecified atom stereocenters. The molecule has 0 bridgehead atoms. The van der Waals surface area contributed by atoms with Gasteiger partial charge in [-0.25, -0.2) is 5.01 Å². The Hall–Kier alpha value is -0.940. The summed E-state index contributed by atoms with van der Waals surface area (Å²) >= 11 is 0. The third-order valence-corrected chi connectivity index (χ3v) is 3.64. The van der Waals surface area contributed by atoms with Gasteiger partial charge in [0.05, 0.1) is 0 Å². The molecule has 5 heteroatoms. The van der Waals surface area contributed by atoms with Crippen molar-refractivity contribution in [2.75, 3.05) is 13.1 Å². The van der Waals surface area contributed by atoms with Crippen LogP contribution >= 0.6 is 0 Å². The number of amides is 1. The number of piperidine rings is 1. The van der Waals surface area contributed by atoms with Crippen LogP contribution in [0.25, 0.3) is 0 Å². The van der Waals surface area contributed by atoms with Gasteiger partial charge >= 0.3 is 0 Å². The molecule has 2 aliphatic heterocycles. The van der Waals surface area contributed by atoms with Crippen molar-refractivity contribution in [2.45, 2.75) is 45.3 Å². The van der Waals surface area contributed by atoms with Crippen LogP contribution in [-0.4, -0.2) is 40.5 Å². The summed E-state index contributed by atoms with van der Waals surface area (Å²) in [4.78, 5) is 11.9. The summed E-state index contributed by atoms with van der Waals surface area (Å²) in [5.74, 6) is -0.0251. The van der Waals surface area contributed by atoms with Crippen LogP contribution in [0.5, 0.6) is 0 Å². The molecule has 1 fully saturated rings. The van der Waals surface area contributed by atoms with Gasteiger partial charge in [0.1, 0.15) is 0 Å². The number of hydrazone groups is 1. The van der Waals surface area contributed by atoms with Gasteiger partial charge in [0.15, 0.2) is 5.72 Å². The molecule has 0 spiro atoms. The minimum atomic E-state index is -1.11. The number of hydrogen-bond acceptors (Lipinski definition) is 4. The van der Waals surface area contributed by atoms with Gasteiger partial charge < -0.3 is 10.4 Å². The van der Waals surface area contributed by atoms with Gasteiger partial charge in [-0.05, 0) is 26.3 Å². The Labute approximate surface area is 102 Å². The van der Waals surface area contributed by atoms with Crippen molar-refractivity contribution in [1.29, 1.82) is 0 Å². The number of carbonyl (C=O) groups is 1. The van der Waals surface area contributed by atoms with E-state index in [-0.39, 0.29) is 11.8 Å². The maximum absolute atomic E-state index is 11.9. The second-order valence-corrected chi connectivity index (χ2v) is 4.99. The van der Waals surface area contributed by atoms with E-state index in [0.717, 1.165) is 31.6 Å². The average Bonchev–Trinajstić information content (AvgIpc) is 2.66. The van der Waals surface area contributed by atoms with Crippen LogP contribution in [0.4, 0.5) is 0 Å². The Morgan fingerprint density at radius 2 is 2.47 bits per heavy atom. The predicted molar refractivity (Wildman–Crippen MR) is 65.4 cm³/mol. The summed E-state index contributed by atoms with van der Waals surface area (Å²) in [6, 6.07) is 0. The molecule has 1 saturated heterocycles. The van der Waals surface area contributed by atoms with Crippen molar-refractivity contribution in [1.82, 2.24) is 10.3 Å². The topological polar surface area (TPSA) is 64.9 Å². The molecule has 5 nitrogen and oxygen atoms in total. The van der Waals surface area contributed by atoms with Gasteiger partial charge in [-0.15, -0.1) is 0 Å². The second kappa shape index (κ2) is 4.74. The minimum Gasteiger partial charge on any atom is -0.368 e. The summed E-state index contributed by atoms with van der Waals surface area (Å²) in [6.45, 7) is 5.41. The number of carbonyl (C=O) groups excluding carboxylic acids is 1. The number of nitrogens with one attached hydrogen (secondary N) is 1. The normalized spacial score (nSPS) is 33.7. The molecule has 0 aromatic carbocycles. The fraction of sp³-hybridized carbons (Fsp3) is 0.833. The van der Waals surface area contributed by atoms with Crippen molar-refractivity contribution < 1.29 is 9.90 Å². The van der Waals surface area contributed by atoms with Crippen LogP contribution in [0.15, 0.2) is 5.10 Å². The van der Waals surface area contributed by atoms with Crippen LogP contribution in [-0.2, 0) is 4.79 Å². The molecule has 0 radical (unpaired) electrons. The predicted octanol–water partition coefficient (Wildman–Crippen LogP) is 0.693. The van der Waals surface area contributed by atoms with Gasteiger partial charge in [-0.2, -0.15) is 5.10 Å². The van der Waals surface area contributed by atoms with Gasteiger partial charge in [0.25, 0.3) is 0 Å². The molecule has 0 aromatic heterocycles. The van der Waals surface area contributed by atoms with E-state index in [0.29, 0.717) is 12.8 Å². The number of nitrogens with zero attached hydrogens (tertiary/aromatic N) is 2. The molecule has 17 heavy (non-hydrogen) atoms. The van der Waals surface area contributed by atoms with Crippen LogP contribution in [0, 0.1) is 5.92 Å². The number of aliphatic hydroxyl groups is 1. The molecule has 0 aliphatic carbocycles. The third-order valence-electron chi connectivity index (χ3n) is 3.64. The van der Waals surface area contributed by atoms with Crippen molar-refractivity contribution in [3.05, 3.63) is 0 Å². The van der Waals surface area contributed by atoms with E-state index >= 15 is 0 Å². The molecule has 2 atom stereocenters. The van der Waals surface area contributed by atoms with Crippen molar-refractivity contribution >= 4 is 11.6 Å². The lowest BCUT2D eigenvalue weighted by atomic mass is 9.85. The lowest BCUT2D eigenvalue weighted by molar-refractivity contribution is -0.169. The van der Waals surface area contributed by atoms with Gasteiger partial charge in [-0.3, -0.25) is 4.79 Å². The first-order valence-electron chi connectivity index (χ1n) is 6.38. The highest BCUT2D eigenvalue weighted by molar-refractivity contribution is 5.88. The molecule has 2 aliphatic rings. The van der Waals surface area contributed by atoms with E-state index in [2.05, 4.69) is 10.4 Å². The van der Waals surface area contributed by atoms with Crippen molar-refractivity contribution in [3.8, 4) is 0 Å². The summed E-state index contributed by atoms with van der Waals surface area (Å²) in [6.07, 6.45) is 2.84. The quantitative estimate of drug-likeness (QED) is 0.745. The lowest BCUT2D eigenvalue weighted by Crippen LogP contribution is -2.55. The zero-order chi connectivity index (χ0) is 12.5. The van der Waals surface area contributed by atoms with Crippen LogP contribution in [0.2, 0.25) is 0 Å². The first-order chi connectivity index (χ1) is 8.08. The molecule has 0 aromatic rings. The Morgan fingerprint density at radius 1 is 1.71 bits per heavy atom. The van der Waals surface area contributed by atoms with Gasteiger partial charge in [0.2, 0.25) is 5.91 Å². The molecule has 1 amide bonds. The van der Waals surface area contributed by atoms with E-state index in [4.69, 9.17) is 0 Å². The van der Waals surface area contributed by atoms with E-state index in [9.17, 15) is 9.90 Å². The van der Waals surface area contributed by atoms with E-state index in [1.54, 1.807) is 6.92 Å². The fourth-order valence-electron chi connectivity index (χ4n) is 2.73. The third kappa shape index (κ3) is 2.21. The summed E-state index contributed by atoms with van der Waals surface area (Å²) < 4.78 is 0. The maximum atomic E-state index is 11.9. The lowest BCUT2D eigenvalue weighted by Gasteiger charge is -2.40. The maximum Gasteiger partial charge on any atom is 0.245 e. The van der Waals surface area contributed by atoms with E-state index in [1.807, 2.05) is 6.92 Å². The Bertz CT molecular complexity index is 337. The average molecular weight is 239 g/mol. The highest BCUT2D eigenvalue weighted by atomic mass is 16.3. The standard InChI is InChI=1S/C12H21N3O2/c1-3-11(16)15-12(17,7-9(2)14-15)10-5-4-6-13-8-10/h10,13,17H,3-8H2,1-2H3/t10?,12-/m0/s1. The van der Waals surface area contributed by atoms with Gasteiger partial charge in [0, 0.05) is 31.0 Å². The Balaban J connectivity index is 2.19. The first kappa shape index (κ1) is 12.5. The number of rotatable bonds is 2. The molecule has 2 N–H and O–H groups in total. The Morgan fingerprint density at radius 3 is 3.06 bits per heavy atom. The molecular formula is C12H21N3O2. The molecule has 2 heterocycles. The summed E-state index contributed by atoms with van der Waals surface area (Å²) in [7, 11) is 0. The first-order valence-corrected chi connectivity index (χ1v) is 6.38. The van der Waals surface area contributed by atoms with Gasteiger partial charge in [-0.1, -0.05) is 6.92 Å². The smallest absolute Gasteiger partial charge is 0.245 e. The van der Waals surface area contributed by atoms with Crippen LogP contribution in [0.1, 0.15) is 39.5 Å². The van der Waals surface area contributed by atoms with Crippen molar-refractivity contribution in [3.63, 3.8) is 0 Å². The monoisotopic (exact) mass is 239 g/mol. The number of hydrogen-bond donors (Lipinski definition) is 2. The zero-order valence-electron chi connectivity index (χ0n) is 10.6. The molecule has 2 rings (SSSR count). The second-order valence-electron chi connectivity index (χ2n) is 4.99. The summed E-state index contributed by atoms with van der Waals surface area (Å²) in [5, 5.41) is 19.6. The van der Waals surface area contributed by atoms with Crippen LogP contribution in [0.3, 0.4) is 0 Å². The molecular weight excluding hydrogens is 218 g/mol. The van der Waals surface area contributed by atoms with E-state index < -0.39 is 5.72 Å². The highest BCUT2D eigenvalue weighted by Gasteiger charge is 2.48.